The molecular formula is C33H72P4. The summed E-state index contributed by atoms with van der Waals surface area (Å²) >= 11 is 0. The van der Waals surface area contributed by atoms with Crippen molar-refractivity contribution in [2.24, 2.45) is 17.8 Å². The minimum atomic E-state index is -0.311. The predicted molar refractivity (Wildman–Crippen MR) is 189 cm³/mol. The molecule has 0 aliphatic carbocycles. The highest BCUT2D eigenvalue weighted by atomic mass is 31.2. The fraction of sp³-hybridized carbons (Fsp3) is 1.00. The third-order valence-corrected chi connectivity index (χ3v) is 19.0. The van der Waals surface area contributed by atoms with E-state index in [4.69, 9.17) is 0 Å². The fourth-order valence-electron chi connectivity index (χ4n) is 6.56. The second kappa shape index (κ2) is 20.6. The maximum absolute atomic E-state index is 3.68. The molecule has 0 amide bonds. The van der Waals surface area contributed by atoms with Gasteiger partial charge in [0.05, 0.1) is 0 Å². The molecule has 0 bridgehead atoms. The monoisotopic (exact) mass is 592 g/mol. The topological polar surface area (TPSA) is 0 Å². The molecule has 0 saturated carbocycles. The Morgan fingerprint density at radius 1 is 0.432 bits per heavy atom. The average molecular weight is 593 g/mol. The number of unbranched alkanes of at least 4 members (excludes halogenated alkanes) is 6. The Morgan fingerprint density at radius 2 is 0.649 bits per heavy atom. The third-order valence-electron chi connectivity index (χ3n) is 9.57. The van der Waals surface area contributed by atoms with Gasteiger partial charge in [0.1, 0.15) is 0 Å². The first-order chi connectivity index (χ1) is 17.5. The Labute approximate surface area is 245 Å². The fourth-order valence-corrected chi connectivity index (χ4v) is 18.5. The molecule has 0 nitrogen and oxygen atoms in total. The highest BCUT2D eigenvalue weighted by Crippen LogP contribution is 2.82. The number of rotatable bonds is 24. The van der Waals surface area contributed by atoms with E-state index in [1.165, 1.54) is 116 Å². The van der Waals surface area contributed by atoms with Gasteiger partial charge < -0.3 is 0 Å². The van der Waals surface area contributed by atoms with Gasteiger partial charge in [0, 0.05) is 14.7 Å². The summed E-state index contributed by atoms with van der Waals surface area (Å²) in [5.74, 6) is 2.28. The van der Waals surface area contributed by atoms with Crippen LogP contribution in [0.5, 0.6) is 0 Å². The summed E-state index contributed by atoms with van der Waals surface area (Å²) in [6.07, 6.45) is 24.5. The lowest BCUT2D eigenvalue weighted by atomic mass is 9.94. The lowest BCUT2D eigenvalue weighted by Gasteiger charge is -2.62. The molecule has 0 aromatic carbocycles. The Balaban J connectivity index is 7.28. The highest BCUT2D eigenvalue weighted by molar-refractivity contribution is 7.78. The van der Waals surface area contributed by atoms with Crippen LogP contribution in [0.3, 0.4) is 0 Å². The minimum absolute atomic E-state index is 0.311. The van der Waals surface area contributed by atoms with Gasteiger partial charge in [-0.1, -0.05) is 147 Å². The van der Waals surface area contributed by atoms with Crippen LogP contribution >= 0.6 is 35.6 Å². The molecule has 37 heavy (non-hydrogen) atoms. The van der Waals surface area contributed by atoms with Crippen molar-refractivity contribution in [2.45, 2.75) is 193 Å². The van der Waals surface area contributed by atoms with Crippen LogP contribution in [0.4, 0.5) is 0 Å². The SMILES string of the molecule is CCCCC(C)C(P)(CCCC)P(C(P)(CCCC)C(C)CCCC)C(P)(CCCC)C(C)CCCC. The molecule has 9 unspecified atom stereocenters. The van der Waals surface area contributed by atoms with Crippen LogP contribution in [0, 0.1) is 17.8 Å². The maximum Gasteiger partial charge on any atom is 0.00910 e. The van der Waals surface area contributed by atoms with E-state index in [0.29, 0.717) is 14.7 Å². The molecule has 0 aromatic rings. The second-order valence-corrected chi connectivity index (χ2v) is 20.5. The van der Waals surface area contributed by atoms with Gasteiger partial charge in [-0.2, -0.15) is 0 Å². The Hall–Kier alpha value is 1.72. The van der Waals surface area contributed by atoms with Gasteiger partial charge in [-0.3, -0.25) is 0 Å². The molecule has 0 saturated heterocycles. The van der Waals surface area contributed by atoms with Gasteiger partial charge >= 0.3 is 0 Å². The van der Waals surface area contributed by atoms with E-state index in [-0.39, 0.29) is 7.92 Å². The van der Waals surface area contributed by atoms with Crippen molar-refractivity contribution in [3.63, 3.8) is 0 Å². The molecular weight excluding hydrogens is 520 g/mol. The Morgan fingerprint density at radius 3 is 0.838 bits per heavy atom. The average Bonchev–Trinajstić information content (AvgIpc) is 2.89. The van der Waals surface area contributed by atoms with Crippen molar-refractivity contribution >= 4 is 35.6 Å². The second-order valence-electron chi connectivity index (χ2n) is 12.7. The van der Waals surface area contributed by atoms with Gasteiger partial charge in [-0.25, -0.2) is 0 Å². The highest BCUT2D eigenvalue weighted by Gasteiger charge is 2.58. The van der Waals surface area contributed by atoms with Crippen molar-refractivity contribution in [2.75, 3.05) is 0 Å². The summed E-state index contributed by atoms with van der Waals surface area (Å²) in [5.41, 5.74) is 0. The quantitative estimate of drug-likeness (QED) is 0.0978. The molecule has 0 aromatic heterocycles. The summed E-state index contributed by atoms with van der Waals surface area (Å²) < 4.78 is 0. The minimum Gasteiger partial charge on any atom is -0.126 e. The van der Waals surface area contributed by atoms with Crippen molar-refractivity contribution in [1.82, 2.24) is 0 Å². The number of hydrogen-bond acceptors (Lipinski definition) is 0. The molecule has 4 heteroatoms. The van der Waals surface area contributed by atoms with E-state index in [1.54, 1.807) is 0 Å². The Kier molecular flexibility index (Phi) is 21.5. The van der Waals surface area contributed by atoms with Crippen molar-refractivity contribution in [3.05, 3.63) is 0 Å². The van der Waals surface area contributed by atoms with Crippen molar-refractivity contribution in [3.8, 4) is 0 Å². The van der Waals surface area contributed by atoms with E-state index in [0.717, 1.165) is 17.8 Å². The lowest BCUT2D eigenvalue weighted by Crippen LogP contribution is -2.48. The summed E-state index contributed by atoms with van der Waals surface area (Å²) in [4.78, 5) is 1.02. The van der Waals surface area contributed by atoms with Crippen LogP contribution in [-0.4, -0.2) is 14.7 Å². The molecule has 0 N–H and O–H groups in total. The maximum atomic E-state index is 3.68. The first-order valence-electron chi connectivity index (χ1n) is 16.7. The first kappa shape index (κ1) is 38.7. The molecule has 0 heterocycles. The largest absolute Gasteiger partial charge is 0.126 e. The Bertz CT molecular complexity index is 478. The molecule has 0 spiro atoms. The van der Waals surface area contributed by atoms with Crippen molar-refractivity contribution in [1.29, 1.82) is 0 Å². The van der Waals surface area contributed by atoms with Gasteiger partial charge in [-0.15, -0.1) is 27.7 Å². The lowest BCUT2D eigenvalue weighted by molar-refractivity contribution is 0.368. The van der Waals surface area contributed by atoms with E-state index in [9.17, 15) is 0 Å². The molecule has 0 aliphatic rings. The molecule has 9 atom stereocenters. The number of hydrogen-bond donors (Lipinski definition) is 0. The van der Waals surface area contributed by atoms with Crippen LogP contribution < -0.4 is 0 Å². The molecule has 0 radical (unpaired) electrons. The zero-order valence-corrected chi connectivity index (χ0v) is 31.5. The summed E-state index contributed by atoms with van der Waals surface area (Å²) in [6.45, 7) is 22.3. The first-order valence-corrected chi connectivity index (χ1v) is 19.7. The van der Waals surface area contributed by atoms with Gasteiger partial charge in [-0.05, 0) is 56.3 Å². The van der Waals surface area contributed by atoms with Gasteiger partial charge in [0.15, 0.2) is 0 Å². The van der Waals surface area contributed by atoms with Gasteiger partial charge in [0.2, 0.25) is 0 Å². The van der Waals surface area contributed by atoms with Crippen LogP contribution in [0.15, 0.2) is 0 Å². The zero-order chi connectivity index (χ0) is 28.5. The molecule has 0 rings (SSSR count). The predicted octanol–water partition coefficient (Wildman–Crippen LogP) is 13.2. The standard InChI is InChI=1S/C33H72P4/c1-10-16-22-28(7)31(34,25-19-13-4)37(32(35,26-20-14-5)29(8)23-17-11-2)33(36,27-21-15-6)30(9)24-18-12-3/h28-30H,10-27,34-36H2,1-9H3. The normalized spacial score (nSPS) is 20.4. The van der Waals surface area contributed by atoms with Crippen LogP contribution in [0.25, 0.3) is 0 Å². The van der Waals surface area contributed by atoms with Crippen LogP contribution in [-0.2, 0) is 0 Å². The van der Waals surface area contributed by atoms with Gasteiger partial charge in [0.25, 0.3) is 0 Å². The zero-order valence-electron chi connectivity index (χ0n) is 27.1. The van der Waals surface area contributed by atoms with Crippen molar-refractivity contribution < 1.29 is 0 Å². The van der Waals surface area contributed by atoms with Crippen LogP contribution in [0.1, 0.15) is 178 Å². The van der Waals surface area contributed by atoms with E-state index >= 15 is 0 Å². The smallest absolute Gasteiger partial charge is 0.00910 e. The van der Waals surface area contributed by atoms with E-state index in [2.05, 4.69) is 90.0 Å². The molecule has 0 aliphatic heterocycles. The molecule has 224 valence electrons. The van der Waals surface area contributed by atoms with E-state index < -0.39 is 0 Å². The molecule has 0 fully saturated rings. The van der Waals surface area contributed by atoms with E-state index in [1.807, 2.05) is 0 Å². The summed E-state index contributed by atoms with van der Waals surface area (Å²) in [5, 5.41) is 0. The summed E-state index contributed by atoms with van der Waals surface area (Å²) in [6, 6.07) is 0. The summed E-state index contributed by atoms with van der Waals surface area (Å²) in [7, 11) is 10.7. The third kappa shape index (κ3) is 11.5. The van der Waals surface area contributed by atoms with Crippen LogP contribution in [0.2, 0.25) is 0 Å².